The second-order valence-electron chi connectivity index (χ2n) is 4.78. The van der Waals surface area contributed by atoms with Crippen molar-refractivity contribution in [1.29, 1.82) is 0 Å². The first-order valence-electron chi connectivity index (χ1n) is 7.69. The van der Waals surface area contributed by atoms with E-state index in [4.69, 9.17) is 10.2 Å². The molecule has 2 amide bonds. The summed E-state index contributed by atoms with van der Waals surface area (Å²) < 4.78 is 0. The smallest absolute Gasteiger partial charge is 0.234 e. The van der Waals surface area contributed by atoms with Crippen LogP contribution in [0, 0.1) is 0 Å². The minimum absolute atomic E-state index is 0.0789. The topological polar surface area (TPSA) is 98.7 Å². The maximum atomic E-state index is 12.0. The number of rotatable bonds is 13. The van der Waals surface area contributed by atoms with Crippen molar-refractivity contribution in [3.63, 3.8) is 0 Å². The fraction of sp³-hybridized carbons (Fsp3) is 0.857. The molecule has 130 valence electrons. The van der Waals surface area contributed by atoms with Crippen LogP contribution in [0.5, 0.6) is 0 Å². The molecule has 0 fully saturated rings. The van der Waals surface area contributed by atoms with Crippen LogP contribution in [0.25, 0.3) is 0 Å². The zero-order chi connectivity index (χ0) is 16.8. The third kappa shape index (κ3) is 9.55. The van der Waals surface area contributed by atoms with E-state index >= 15 is 0 Å². The lowest BCUT2D eigenvalue weighted by Gasteiger charge is -2.19. The molecule has 2 atom stereocenters. The second-order valence-corrected chi connectivity index (χ2v) is 7.45. The highest BCUT2D eigenvalue weighted by atomic mass is 33.1. The van der Waals surface area contributed by atoms with Crippen LogP contribution in [-0.2, 0) is 9.59 Å². The van der Waals surface area contributed by atoms with E-state index in [1.807, 2.05) is 13.8 Å². The predicted octanol–water partition coefficient (Wildman–Crippen LogP) is 0.922. The Morgan fingerprint density at radius 2 is 1.23 bits per heavy atom. The molecule has 0 aliphatic rings. The van der Waals surface area contributed by atoms with Gasteiger partial charge in [-0.15, -0.1) is 0 Å². The summed E-state index contributed by atoms with van der Waals surface area (Å²) in [6.07, 6.45) is 2.38. The van der Waals surface area contributed by atoms with Crippen LogP contribution in [0.4, 0.5) is 0 Å². The van der Waals surface area contributed by atoms with E-state index in [9.17, 15) is 9.59 Å². The standard InChI is InChI=1S/C14H28N2O4S2/c1-3-7-15-13(19)11(5-9-17)21-22-12(6-10-18)14(20)16-8-4-2/h11-12,17-18H,3-10H2,1-2H3,(H,15,19)(H,16,20). The molecule has 6 nitrogen and oxygen atoms in total. The van der Waals surface area contributed by atoms with Gasteiger partial charge in [0.25, 0.3) is 0 Å². The molecule has 22 heavy (non-hydrogen) atoms. The third-order valence-corrected chi connectivity index (χ3v) is 5.96. The van der Waals surface area contributed by atoms with Crippen LogP contribution < -0.4 is 10.6 Å². The zero-order valence-electron chi connectivity index (χ0n) is 13.3. The zero-order valence-corrected chi connectivity index (χ0v) is 15.0. The third-order valence-electron chi connectivity index (χ3n) is 2.75. The molecule has 0 aromatic rings. The largest absolute Gasteiger partial charge is 0.396 e. The average molecular weight is 353 g/mol. The Kier molecular flexibility index (Phi) is 13.9. The molecule has 0 saturated heterocycles. The Balaban J connectivity index is 4.47. The molecule has 0 spiro atoms. The Morgan fingerprint density at radius 1 is 0.864 bits per heavy atom. The lowest BCUT2D eigenvalue weighted by molar-refractivity contribution is -0.121. The minimum Gasteiger partial charge on any atom is -0.396 e. The van der Waals surface area contributed by atoms with E-state index in [2.05, 4.69) is 10.6 Å². The first kappa shape index (κ1) is 21.6. The average Bonchev–Trinajstić information content (AvgIpc) is 2.52. The minimum atomic E-state index is -0.401. The van der Waals surface area contributed by atoms with E-state index in [1.54, 1.807) is 0 Å². The van der Waals surface area contributed by atoms with Gasteiger partial charge in [0.05, 0.1) is 10.5 Å². The van der Waals surface area contributed by atoms with Crippen LogP contribution in [0.2, 0.25) is 0 Å². The molecule has 8 heteroatoms. The first-order chi connectivity index (χ1) is 10.6. The van der Waals surface area contributed by atoms with Gasteiger partial charge in [0.1, 0.15) is 0 Å². The number of hydrogen-bond donors (Lipinski definition) is 4. The number of nitrogens with one attached hydrogen (secondary N) is 2. The lowest BCUT2D eigenvalue weighted by atomic mass is 10.3. The van der Waals surface area contributed by atoms with E-state index < -0.39 is 10.5 Å². The van der Waals surface area contributed by atoms with Gasteiger partial charge in [-0.1, -0.05) is 35.4 Å². The molecule has 0 saturated carbocycles. The van der Waals surface area contributed by atoms with Gasteiger partial charge in [0.2, 0.25) is 11.8 Å². The summed E-state index contributed by atoms with van der Waals surface area (Å²) in [5.74, 6) is -0.241. The van der Waals surface area contributed by atoms with Gasteiger partial charge in [-0.25, -0.2) is 0 Å². The van der Waals surface area contributed by atoms with Crippen LogP contribution in [0.1, 0.15) is 39.5 Å². The van der Waals surface area contributed by atoms with Crippen LogP contribution in [-0.4, -0.2) is 58.8 Å². The summed E-state index contributed by atoms with van der Waals surface area (Å²) in [5, 5.41) is 23.0. The van der Waals surface area contributed by atoms with Crippen molar-refractivity contribution in [3.05, 3.63) is 0 Å². The summed E-state index contributed by atoms with van der Waals surface area (Å²) >= 11 is 0. The molecule has 0 aromatic heterocycles. The molecule has 0 heterocycles. The molecule has 2 unspecified atom stereocenters. The first-order valence-corrected chi connectivity index (χ1v) is 9.97. The van der Waals surface area contributed by atoms with Crippen LogP contribution in [0.3, 0.4) is 0 Å². The number of aliphatic hydroxyl groups excluding tert-OH is 2. The molecule has 0 aliphatic carbocycles. The van der Waals surface area contributed by atoms with Gasteiger partial charge in [-0.2, -0.15) is 0 Å². The van der Waals surface area contributed by atoms with E-state index in [0.717, 1.165) is 12.8 Å². The van der Waals surface area contributed by atoms with Crippen molar-refractivity contribution in [2.75, 3.05) is 26.3 Å². The van der Waals surface area contributed by atoms with Crippen molar-refractivity contribution in [2.24, 2.45) is 0 Å². The lowest BCUT2D eigenvalue weighted by Crippen LogP contribution is -2.35. The second kappa shape index (κ2) is 14.2. The Labute approximate surface area is 140 Å². The summed E-state index contributed by atoms with van der Waals surface area (Å²) in [6.45, 7) is 4.98. The molecule has 0 bridgehead atoms. The number of carbonyl (C=O) groups excluding carboxylic acids is 2. The highest BCUT2D eigenvalue weighted by Gasteiger charge is 2.24. The fourth-order valence-corrected chi connectivity index (χ4v) is 4.46. The van der Waals surface area contributed by atoms with Gasteiger partial charge < -0.3 is 20.8 Å². The molecule has 0 aromatic carbocycles. The molecule has 0 radical (unpaired) electrons. The number of amides is 2. The summed E-state index contributed by atoms with van der Waals surface area (Å²) in [7, 11) is 2.57. The van der Waals surface area contributed by atoms with Crippen LogP contribution in [0.15, 0.2) is 0 Å². The van der Waals surface area contributed by atoms with Crippen molar-refractivity contribution in [1.82, 2.24) is 10.6 Å². The monoisotopic (exact) mass is 352 g/mol. The van der Waals surface area contributed by atoms with E-state index in [1.165, 1.54) is 21.6 Å². The highest BCUT2D eigenvalue weighted by molar-refractivity contribution is 8.77. The quantitative estimate of drug-likeness (QED) is 0.368. The van der Waals surface area contributed by atoms with Gasteiger partial charge in [0, 0.05) is 26.3 Å². The summed E-state index contributed by atoms with van der Waals surface area (Å²) in [6, 6.07) is 0. The van der Waals surface area contributed by atoms with Gasteiger partial charge >= 0.3 is 0 Å². The van der Waals surface area contributed by atoms with Crippen molar-refractivity contribution in [2.45, 2.75) is 50.0 Å². The van der Waals surface area contributed by atoms with Crippen molar-refractivity contribution < 1.29 is 19.8 Å². The van der Waals surface area contributed by atoms with Gasteiger partial charge in [-0.05, 0) is 25.7 Å². The van der Waals surface area contributed by atoms with Gasteiger partial charge in [0.15, 0.2) is 0 Å². The molecular weight excluding hydrogens is 324 g/mol. The van der Waals surface area contributed by atoms with Gasteiger partial charge in [-0.3, -0.25) is 9.59 Å². The molecular formula is C14H28N2O4S2. The Morgan fingerprint density at radius 3 is 1.50 bits per heavy atom. The Bertz CT molecular complexity index is 289. The predicted molar refractivity (Wildman–Crippen MR) is 92.8 cm³/mol. The molecule has 0 aliphatic heterocycles. The fourth-order valence-electron chi connectivity index (χ4n) is 1.54. The van der Waals surface area contributed by atoms with Crippen molar-refractivity contribution in [3.8, 4) is 0 Å². The summed E-state index contributed by atoms with van der Waals surface area (Å²) in [4.78, 5) is 24.0. The SMILES string of the molecule is CCCNC(=O)C(CCO)SSC(CCO)C(=O)NCCC. The number of hydrogen-bond acceptors (Lipinski definition) is 6. The summed E-state index contributed by atoms with van der Waals surface area (Å²) in [5.41, 5.74) is 0. The molecule has 0 rings (SSSR count). The number of aliphatic hydroxyl groups is 2. The highest BCUT2D eigenvalue weighted by Crippen LogP contribution is 2.34. The van der Waals surface area contributed by atoms with E-state index in [0.29, 0.717) is 25.9 Å². The normalized spacial score (nSPS) is 13.5. The van der Waals surface area contributed by atoms with Crippen molar-refractivity contribution >= 4 is 33.4 Å². The number of carbonyl (C=O) groups is 2. The maximum Gasteiger partial charge on any atom is 0.234 e. The van der Waals surface area contributed by atoms with Crippen LogP contribution >= 0.6 is 21.6 Å². The Hall–Kier alpha value is -0.440. The molecule has 4 N–H and O–H groups in total. The van der Waals surface area contributed by atoms with E-state index in [-0.39, 0.29) is 25.0 Å². The maximum absolute atomic E-state index is 12.0.